The second-order valence-electron chi connectivity index (χ2n) is 4.33. The van der Waals surface area contributed by atoms with Gasteiger partial charge in [-0.1, -0.05) is 0 Å². The third-order valence-corrected chi connectivity index (χ3v) is 2.86. The van der Waals surface area contributed by atoms with Gasteiger partial charge in [0.05, 0.1) is 0 Å². The van der Waals surface area contributed by atoms with Gasteiger partial charge in [-0.15, -0.1) is 0 Å². The van der Waals surface area contributed by atoms with Crippen LogP contribution in [-0.2, 0) is 0 Å². The molecule has 1 aliphatic rings. The number of hydrogen-bond donors (Lipinski definition) is 3. The second kappa shape index (κ2) is 5.05. The summed E-state index contributed by atoms with van der Waals surface area (Å²) in [5.41, 5.74) is 6.49. The van der Waals surface area contributed by atoms with Crippen molar-refractivity contribution in [2.24, 2.45) is 5.73 Å². The van der Waals surface area contributed by atoms with Crippen molar-refractivity contribution in [2.75, 3.05) is 18.4 Å². The largest absolute Gasteiger partial charge is 0.508 e. The molecule has 1 aromatic carbocycles. The summed E-state index contributed by atoms with van der Waals surface area (Å²) in [4.78, 5) is 13.6. The number of rotatable bonds is 1. The highest BCUT2D eigenvalue weighted by Crippen LogP contribution is 2.15. The maximum Gasteiger partial charge on any atom is 0.321 e. The molecule has 0 unspecified atom stereocenters. The lowest BCUT2D eigenvalue weighted by atomic mass is 10.1. The number of nitrogens with two attached hydrogens (primary N) is 1. The molecule has 2 amide bonds. The minimum atomic E-state index is -0.133. The van der Waals surface area contributed by atoms with Crippen LogP contribution >= 0.6 is 0 Å². The summed E-state index contributed by atoms with van der Waals surface area (Å²) in [6, 6.07) is 6.35. The number of phenolic OH excluding ortho intramolecular Hbond substituents is 1. The van der Waals surface area contributed by atoms with E-state index in [1.165, 1.54) is 12.1 Å². The summed E-state index contributed by atoms with van der Waals surface area (Å²) in [7, 11) is 0. The molecule has 0 spiro atoms. The van der Waals surface area contributed by atoms with Crippen molar-refractivity contribution in [2.45, 2.75) is 18.9 Å². The van der Waals surface area contributed by atoms with Crippen LogP contribution in [0.2, 0.25) is 0 Å². The molecule has 0 aliphatic carbocycles. The van der Waals surface area contributed by atoms with Crippen LogP contribution in [0.25, 0.3) is 0 Å². The molecule has 1 aliphatic heterocycles. The first-order chi connectivity index (χ1) is 8.15. The standard InChI is InChI=1S/C12H17N3O2/c13-9-2-1-7-15(8-9)12(17)14-10-3-5-11(16)6-4-10/h3-6,9,16H,1-2,7-8,13H2,(H,14,17)/t9-/m1/s1. The van der Waals surface area contributed by atoms with Gasteiger partial charge in [-0.3, -0.25) is 0 Å². The van der Waals surface area contributed by atoms with Crippen molar-refractivity contribution in [1.29, 1.82) is 0 Å². The quantitative estimate of drug-likeness (QED) is 0.643. The Kier molecular flexibility index (Phi) is 3.49. The number of hydrogen-bond acceptors (Lipinski definition) is 3. The Labute approximate surface area is 100 Å². The normalized spacial score (nSPS) is 20.1. The Morgan fingerprint density at radius 2 is 2.12 bits per heavy atom. The summed E-state index contributed by atoms with van der Waals surface area (Å²) < 4.78 is 0. The number of phenols is 1. The van der Waals surface area contributed by atoms with E-state index in [0.29, 0.717) is 12.2 Å². The molecular weight excluding hydrogens is 218 g/mol. The van der Waals surface area contributed by atoms with E-state index in [2.05, 4.69) is 5.32 Å². The van der Waals surface area contributed by atoms with E-state index in [4.69, 9.17) is 10.8 Å². The Hall–Kier alpha value is -1.75. The topological polar surface area (TPSA) is 78.6 Å². The zero-order chi connectivity index (χ0) is 12.3. The molecule has 2 rings (SSSR count). The summed E-state index contributed by atoms with van der Waals surface area (Å²) in [5.74, 6) is 0.183. The minimum absolute atomic E-state index is 0.0781. The number of anilines is 1. The molecule has 0 aromatic heterocycles. The summed E-state index contributed by atoms with van der Waals surface area (Å²) in [5, 5.41) is 11.9. The van der Waals surface area contributed by atoms with Crippen LogP contribution in [0.15, 0.2) is 24.3 Å². The molecule has 0 bridgehead atoms. The van der Waals surface area contributed by atoms with Crippen LogP contribution in [0.5, 0.6) is 5.75 Å². The van der Waals surface area contributed by atoms with E-state index < -0.39 is 0 Å². The highest BCUT2D eigenvalue weighted by atomic mass is 16.3. The Morgan fingerprint density at radius 3 is 2.76 bits per heavy atom. The number of carbonyl (C=O) groups excluding carboxylic acids is 1. The SMILES string of the molecule is N[C@@H]1CCCN(C(=O)Nc2ccc(O)cc2)C1. The van der Waals surface area contributed by atoms with Gasteiger partial charge in [-0.05, 0) is 37.1 Å². The Bertz CT molecular complexity index is 391. The predicted molar refractivity (Wildman–Crippen MR) is 65.9 cm³/mol. The van der Waals surface area contributed by atoms with Crippen molar-refractivity contribution < 1.29 is 9.90 Å². The molecule has 4 N–H and O–H groups in total. The lowest BCUT2D eigenvalue weighted by Crippen LogP contribution is -2.47. The molecule has 1 heterocycles. The number of aromatic hydroxyl groups is 1. The van der Waals surface area contributed by atoms with Gasteiger partial charge in [0, 0.05) is 24.8 Å². The number of benzene rings is 1. The first-order valence-electron chi connectivity index (χ1n) is 5.75. The summed E-state index contributed by atoms with van der Waals surface area (Å²) in [6.07, 6.45) is 1.92. The molecule has 1 fully saturated rings. The molecule has 17 heavy (non-hydrogen) atoms. The molecular formula is C12H17N3O2. The Balaban J connectivity index is 1.94. The van der Waals surface area contributed by atoms with Crippen LogP contribution < -0.4 is 11.1 Å². The minimum Gasteiger partial charge on any atom is -0.508 e. The average Bonchev–Trinajstić information content (AvgIpc) is 2.32. The predicted octanol–water partition coefficient (Wildman–Crippen LogP) is 1.35. The highest BCUT2D eigenvalue weighted by molar-refractivity contribution is 5.89. The van der Waals surface area contributed by atoms with Gasteiger partial charge in [0.1, 0.15) is 5.75 Å². The summed E-state index contributed by atoms with van der Waals surface area (Å²) in [6.45, 7) is 1.35. The Morgan fingerprint density at radius 1 is 1.41 bits per heavy atom. The van der Waals surface area contributed by atoms with Crippen molar-refractivity contribution >= 4 is 11.7 Å². The van der Waals surface area contributed by atoms with Gasteiger partial charge in [0.15, 0.2) is 0 Å². The third kappa shape index (κ3) is 3.10. The van der Waals surface area contributed by atoms with Gasteiger partial charge >= 0.3 is 6.03 Å². The number of nitrogens with one attached hydrogen (secondary N) is 1. The van der Waals surface area contributed by atoms with Crippen LogP contribution in [0.3, 0.4) is 0 Å². The maximum atomic E-state index is 11.9. The molecule has 92 valence electrons. The van der Waals surface area contributed by atoms with E-state index in [9.17, 15) is 4.79 Å². The van der Waals surface area contributed by atoms with Crippen LogP contribution in [-0.4, -0.2) is 35.2 Å². The summed E-state index contributed by atoms with van der Waals surface area (Å²) >= 11 is 0. The van der Waals surface area contributed by atoms with Crippen molar-refractivity contribution in [3.05, 3.63) is 24.3 Å². The van der Waals surface area contributed by atoms with Gasteiger partial charge in [0.25, 0.3) is 0 Å². The molecule has 1 saturated heterocycles. The fraction of sp³-hybridized carbons (Fsp3) is 0.417. The molecule has 1 aromatic rings. The third-order valence-electron chi connectivity index (χ3n) is 2.86. The van der Waals surface area contributed by atoms with Crippen LogP contribution in [0, 0.1) is 0 Å². The molecule has 1 atom stereocenters. The number of nitrogens with zero attached hydrogens (tertiary/aromatic N) is 1. The number of carbonyl (C=O) groups is 1. The smallest absolute Gasteiger partial charge is 0.321 e. The van der Waals surface area contributed by atoms with E-state index in [1.807, 2.05) is 0 Å². The lowest BCUT2D eigenvalue weighted by Gasteiger charge is -2.30. The first-order valence-corrected chi connectivity index (χ1v) is 5.75. The van der Waals surface area contributed by atoms with Crippen molar-refractivity contribution in [3.63, 3.8) is 0 Å². The van der Waals surface area contributed by atoms with Gasteiger partial charge < -0.3 is 21.1 Å². The van der Waals surface area contributed by atoms with Gasteiger partial charge in [0.2, 0.25) is 0 Å². The van der Waals surface area contributed by atoms with Crippen LogP contribution in [0.4, 0.5) is 10.5 Å². The fourth-order valence-electron chi connectivity index (χ4n) is 1.94. The lowest BCUT2D eigenvalue weighted by molar-refractivity contribution is 0.193. The van der Waals surface area contributed by atoms with Gasteiger partial charge in [-0.2, -0.15) is 0 Å². The number of piperidine rings is 1. The van der Waals surface area contributed by atoms with Crippen molar-refractivity contribution in [3.8, 4) is 5.75 Å². The molecule has 0 radical (unpaired) electrons. The zero-order valence-corrected chi connectivity index (χ0v) is 9.60. The fourth-order valence-corrected chi connectivity index (χ4v) is 1.94. The monoisotopic (exact) mass is 235 g/mol. The van der Waals surface area contributed by atoms with E-state index in [1.54, 1.807) is 17.0 Å². The number of urea groups is 1. The molecule has 5 nitrogen and oxygen atoms in total. The van der Waals surface area contributed by atoms with Gasteiger partial charge in [-0.25, -0.2) is 4.79 Å². The highest BCUT2D eigenvalue weighted by Gasteiger charge is 2.20. The number of likely N-dealkylation sites (tertiary alicyclic amines) is 1. The molecule has 5 heteroatoms. The molecule has 0 saturated carbocycles. The van der Waals surface area contributed by atoms with E-state index in [0.717, 1.165) is 19.4 Å². The average molecular weight is 235 g/mol. The van der Waals surface area contributed by atoms with E-state index in [-0.39, 0.29) is 17.8 Å². The zero-order valence-electron chi connectivity index (χ0n) is 9.60. The van der Waals surface area contributed by atoms with Crippen molar-refractivity contribution in [1.82, 2.24) is 4.90 Å². The maximum absolute atomic E-state index is 11.9. The first kappa shape index (κ1) is 11.7. The van der Waals surface area contributed by atoms with E-state index >= 15 is 0 Å². The van der Waals surface area contributed by atoms with Crippen LogP contribution in [0.1, 0.15) is 12.8 Å². The number of amides is 2. The second-order valence-corrected chi connectivity index (χ2v) is 4.33.